The summed E-state index contributed by atoms with van der Waals surface area (Å²) in [5.74, 6) is 3.76. The van der Waals surface area contributed by atoms with Crippen LogP contribution in [0.4, 0.5) is 17.5 Å². The van der Waals surface area contributed by atoms with Crippen LogP contribution in [0.1, 0.15) is 0 Å². The molecule has 3 aromatic rings. The molecule has 1 heterocycles. The molecule has 2 aromatic carbocycles. The monoisotopic (exact) mass is 397 g/mol. The summed E-state index contributed by atoms with van der Waals surface area (Å²) in [4.78, 5) is 4.39. The van der Waals surface area contributed by atoms with Gasteiger partial charge in [0.1, 0.15) is 18.1 Å². The van der Waals surface area contributed by atoms with Gasteiger partial charge in [0.05, 0.1) is 34.1 Å². The minimum atomic E-state index is 0.397. The number of hydrogen-bond acceptors (Lipinski definition) is 9. The summed E-state index contributed by atoms with van der Waals surface area (Å²) >= 11 is 0. The molecule has 0 saturated heterocycles. The number of aromatic nitrogens is 3. The molecule has 0 radical (unpaired) electrons. The van der Waals surface area contributed by atoms with Crippen molar-refractivity contribution in [3.8, 4) is 23.0 Å². The second-order valence-electron chi connectivity index (χ2n) is 5.81. The van der Waals surface area contributed by atoms with Crippen molar-refractivity contribution < 1.29 is 18.9 Å². The van der Waals surface area contributed by atoms with Gasteiger partial charge in [-0.25, -0.2) is 0 Å². The van der Waals surface area contributed by atoms with Gasteiger partial charge in [-0.3, -0.25) is 0 Å². The first-order chi connectivity index (χ1) is 14.2. The van der Waals surface area contributed by atoms with E-state index < -0.39 is 0 Å². The Morgan fingerprint density at radius 3 is 2.34 bits per heavy atom. The maximum atomic E-state index is 5.67. The molecule has 29 heavy (non-hydrogen) atoms. The van der Waals surface area contributed by atoms with Crippen LogP contribution in [0.2, 0.25) is 0 Å². The van der Waals surface area contributed by atoms with Crippen LogP contribution < -0.4 is 29.6 Å². The number of anilines is 3. The Balaban J connectivity index is 1.52. The number of nitrogens with zero attached hydrogens (tertiary/aromatic N) is 3. The molecule has 152 valence electrons. The first kappa shape index (κ1) is 20.0. The maximum absolute atomic E-state index is 5.67. The number of benzene rings is 2. The average Bonchev–Trinajstić information content (AvgIpc) is 2.77. The second-order valence-corrected chi connectivity index (χ2v) is 5.81. The van der Waals surface area contributed by atoms with E-state index >= 15 is 0 Å². The third-order valence-electron chi connectivity index (χ3n) is 3.93. The van der Waals surface area contributed by atoms with E-state index in [0.717, 1.165) is 17.2 Å². The van der Waals surface area contributed by atoms with E-state index in [4.69, 9.17) is 18.9 Å². The topological polar surface area (TPSA) is 99.7 Å². The Labute approximate surface area is 169 Å². The summed E-state index contributed by atoms with van der Waals surface area (Å²) in [5.41, 5.74) is 0.789. The number of ether oxygens (including phenoxy) is 4. The third kappa shape index (κ3) is 5.61. The van der Waals surface area contributed by atoms with E-state index in [1.807, 2.05) is 42.5 Å². The molecule has 0 unspecified atom stereocenters. The number of methoxy groups -OCH3 is 3. The van der Waals surface area contributed by atoms with Crippen molar-refractivity contribution in [1.29, 1.82) is 0 Å². The summed E-state index contributed by atoms with van der Waals surface area (Å²) in [7, 11) is 4.81. The van der Waals surface area contributed by atoms with E-state index in [9.17, 15) is 0 Å². The minimum Gasteiger partial charge on any atom is -0.497 e. The van der Waals surface area contributed by atoms with Gasteiger partial charge < -0.3 is 29.6 Å². The highest BCUT2D eigenvalue weighted by molar-refractivity contribution is 5.61. The Morgan fingerprint density at radius 2 is 1.62 bits per heavy atom. The van der Waals surface area contributed by atoms with Crippen LogP contribution in [0.25, 0.3) is 0 Å². The van der Waals surface area contributed by atoms with Crippen molar-refractivity contribution >= 4 is 17.5 Å². The predicted molar refractivity (Wildman–Crippen MR) is 110 cm³/mol. The number of nitrogens with one attached hydrogen (secondary N) is 2. The highest BCUT2D eigenvalue weighted by Gasteiger charge is 2.06. The van der Waals surface area contributed by atoms with Gasteiger partial charge in [0, 0.05) is 11.8 Å². The lowest BCUT2D eigenvalue weighted by molar-refractivity contribution is 0.331. The summed E-state index contributed by atoms with van der Waals surface area (Å²) in [6.45, 7) is 0.969. The highest BCUT2D eigenvalue weighted by atomic mass is 16.5. The molecule has 0 aliphatic heterocycles. The van der Waals surface area contributed by atoms with Gasteiger partial charge in [0.2, 0.25) is 5.95 Å². The van der Waals surface area contributed by atoms with Gasteiger partial charge in [0.15, 0.2) is 17.3 Å². The standard InChI is InChI=1S/C20H23N5O4/c1-26-15-5-7-16(8-6-15)29-11-10-21-20-24-19(13-22-25-20)23-14-4-9-17(27-2)18(12-14)28-3/h4-9,12-13H,10-11H2,1-3H3,(H2,21,23,24,25). The summed E-state index contributed by atoms with van der Waals surface area (Å²) in [5, 5.41) is 14.2. The minimum absolute atomic E-state index is 0.397. The summed E-state index contributed by atoms with van der Waals surface area (Å²) in [6.07, 6.45) is 1.54. The first-order valence-electron chi connectivity index (χ1n) is 8.91. The maximum Gasteiger partial charge on any atom is 0.244 e. The van der Waals surface area contributed by atoms with Gasteiger partial charge in [-0.1, -0.05) is 0 Å². The zero-order valence-electron chi connectivity index (χ0n) is 16.5. The van der Waals surface area contributed by atoms with E-state index in [-0.39, 0.29) is 0 Å². The SMILES string of the molecule is COc1ccc(OCCNc2nncc(Nc3ccc(OC)c(OC)c3)n2)cc1. The van der Waals surface area contributed by atoms with Gasteiger partial charge in [-0.05, 0) is 36.4 Å². The summed E-state index contributed by atoms with van der Waals surface area (Å²) in [6, 6.07) is 12.9. The molecule has 0 spiro atoms. The van der Waals surface area contributed by atoms with E-state index in [0.29, 0.717) is 36.4 Å². The Kier molecular flexibility index (Phi) is 6.88. The molecule has 9 heteroatoms. The van der Waals surface area contributed by atoms with Crippen LogP contribution in [-0.4, -0.2) is 49.7 Å². The van der Waals surface area contributed by atoms with Crippen molar-refractivity contribution in [1.82, 2.24) is 15.2 Å². The number of hydrogen-bond donors (Lipinski definition) is 2. The molecule has 1 aromatic heterocycles. The zero-order chi connectivity index (χ0) is 20.5. The molecule has 2 N–H and O–H groups in total. The quantitative estimate of drug-likeness (QED) is 0.500. The normalized spacial score (nSPS) is 10.2. The Hall–Kier alpha value is -3.75. The molecule has 0 atom stereocenters. The van der Waals surface area contributed by atoms with Crippen molar-refractivity contribution in [3.63, 3.8) is 0 Å². The van der Waals surface area contributed by atoms with E-state index in [1.54, 1.807) is 21.3 Å². The van der Waals surface area contributed by atoms with Crippen molar-refractivity contribution in [2.45, 2.75) is 0 Å². The molecule has 0 bridgehead atoms. The van der Waals surface area contributed by atoms with Crippen LogP contribution in [0.3, 0.4) is 0 Å². The Morgan fingerprint density at radius 1 is 0.862 bits per heavy atom. The molecule has 3 rings (SSSR count). The van der Waals surface area contributed by atoms with Crippen molar-refractivity contribution in [2.75, 3.05) is 45.1 Å². The lowest BCUT2D eigenvalue weighted by Gasteiger charge is -2.11. The van der Waals surface area contributed by atoms with E-state index in [1.165, 1.54) is 6.20 Å². The molecule has 0 aliphatic rings. The van der Waals surface area contributed by atoms with Crippen LogP contribution in [0.5, 0.6) is 23.0 Å². The number of rotatable bonds is 10. The molecule has 0 fully saturated rings. The smallest absolute Gasteiger partial charge is 0.244 e. The fourth-order valence-corrected chi connectivity index (χ4v) is 2.50. The van der Waals surface area contributed by atoms with Crippen molar-refractivity contribution in [3.05, 3.63) is 48.7 Å². The molecule has 0 amide bonds. The third-order valence-corrected chi connectivity index (χ3v) is 3.93. The van der Waals surface area contributed by atoms with Gasteiger partial charge in [-0.15, -0.1) is 5.10 Å². The van der Waals surface area contributed by atoms with Crippen LogP contribution in [0, 0.1) is 0 Å². The van der Waals surface area contributed by atoms with E-state index in [2.05, 4.69) is 25.8 Å². The van der Waals surface area contributed by atoms with Crippen molar-refractivity contribution in [2.24, 2.45) is 0 Å². The van der Waals surface area contributed by atoms with Crippen LogP contribution in [-0.2, 0) is 0 Å². The highest BCUT2D eigenvalue weighted by Crippen LogP contribution is 2.30. The molecule has 0 aliphatic carbocycles. The van der Waals surface area contributed by atoms with Gasteiger partial charge >= 0.3 is 0 Å². The first-order valence-corrected chi connectivity index (χ1v) is 8.91. The fourth-order valence-electron chi connectivity index (χ4n) is 2.50. The molecule has 0 saturated carbocycles. The lowest BCUT2D eigenvalue weighted by atomic mass is 10.2. The Bertz CT molecular complexity index is 921. The summed E-state index contributed by atoms with van der Waals surface area (Å²) < 4.78 is 21.3. The molecular formula is C20H23N5O4. The molecule has 9 nitrogen and oxygen atoms in total. The lowest BCUT2D eigenvalue weighted by Crippen LogP contribution is -2.14. The van der Waals surface area contributed by atoms with Crippen LogP contribution >= 0.6 is 0 Å². The largest absolute Gasteiger partial charge is 0.497 e. The average molecular weight is 397 g/mol. The van der Waals surface area contributed by atoms with Gasteiger partial charge in [0.25, 0.3) is 0 Å². The second kappa shape index (κ2) is 9.98. The van der Waals surface area contributed by atoms with Gasteiger partial charge in [-0.2, -0.15) is 10.1 Å². The van der Waals surface area contributed by atoms with Crippen LogP contribution in [0.15, 0.2) is 48.7 Å². The predicted octanol–water partition coefficient (Wildman–Crippen LogP) is 3.13. The fraction of sp³-hybridized carbons (Fsp3) is 0.250. The zero-order valence-corrected chi connectivity index (χ0v) is 16.5. The molecular weight excluding hydrogens is 374 g/mol.